The number of anilines is 1. The van der Waals surface area contributed by atoms with E-state index in [1.807, 2.05) is 25.1 Å². The molecule has 0 spiro atoms. The van der Waals surface area contributed by atoms with E-state index in [2.05, 4.69) is 46.9 Å². The van der Waals surface area contributed by atoms with Crippen LogP contribution >= 0.6 is 24.0 Å². The van der Waals surface area contributed by atoms with Crippen LogP contribution in [0.4, 0.5) is 5.69 Å². The van der Waals surface area contributed by atoms with Crippen LogP contribution in [0.2, 0.25) is 0 Å². The maximum Gasteiger partial charge on any atom is 0.191 e. The van der Waals surface area contributed by atoms with Crippen LogP contribution in [-0.2, 0) is 5.60 Å². The zero-order valence-electron chi connectivity index (χ0n) is 17.1. The molecule has 0 aliphatic heterocycles. The maximum absolute atomic E-state index is 10.6. The molecule has 0 fully saturated rings. The van der Waals surface area contributed by atoms with Crippen molar-refractivity contribution >= 4 is 35.6 Å². The molecule has 0 amide bonds. The van der Waals surface area contributed by atoms with Gasteiger partial charge in [0.15, 0.2) is 5.96 Å². The number of hydrogen-bond donors (Lipinski definition) is 4. The summed E-state index contributed by atoms with van der Waals surface area (Å²) < 4.78 is 5.32. The van der Waals surface area contributed by atoms with E-state index in [1.54, 1.807) is 25.3 Å². The summed E-state index contributed by atoms with van der Waals surface area (Å²) in [6, 6.07) is 13.9. The van der Waals surface area contributed by atoms with Gasteiger partial charge in [0, 0.05) is 24.8 Å². The van der Waals surface area contributed by atoms with Crippen LogP contribution in [-0.4, -0.2) is 36.7 Å². The molecule has 2 rings (SSSR count). The molecule has 28 heavy (non-hydrogen) atoms. The second-order valence-electron chi connectivity index (χ2n) is 7.19. The number of aliphatic imine (C=N–C) groups is 1. The molecule has 7 heteroatoms. The molecule has 0 saturated carbocycles. The van der Waals surface area contributed by atoms with Gasteiger partial charge in [0.1, 0.15) is 11.4 Å². The molecule has 0 bridgehead atoms. The van der Waals surface area contributed by atoms with Gasteiger partial charge < -0.3 is 25.5 Å². The second kappa shape index (κ2) is 12.0. The quantitative estimate of drug-likeness (QED) is 0.239. The number of guanidine groups is 1. The summed E-state index contributed by atoms with van der Waals surface area (Å²) in [5.41, 5.74) is -0.0494. The van der Waals surface area contributed by atoms with Gasteiger partial charge in [0.05, 0.1) is 12.8 Å². The zero-order chi connectivity index (χ0) is 19.7. The lowest BCUT2D eigenvalue weighted by Crippen LogP contribution is -2.45. The fourth-order valence-corrected chi connectivity index (χ4v) is 2.65. The van der Waals surface area contributed by atoms with Crippen molar-refractivity contribution in [2.75, 3.05) is 25.0 Å². The van der Waals surface area contributed by atoms with Crippen molar-refractivity contribution in [3.05, 3.63) is 54.5 Å². The lowest BCUT2D eigenvalue weighted by Gasteiger charge is -2.25. The third-order valence-electron chi connectivity index (χ3n) is 4.36. The van der Waals surface area contributed by atoms with Crippen molar-refractivity contribution < 1.29 is 9.52 Å². The SMILES string of the molecule is CCNC(=NCC(C)(O)c1ccco1)NCC(Nc1ccccc1)C(C)C.I. The average molecular weight is 500 g/mol. The Morgan fingerprint density at radius 3 is 2.43 bits per heavy atom. The summed E-state index contributed by atoms with van der Waals surface area (Å²) in [5, 5.41) is 20.7. The van der Waals surface area contributed by atoms with Gasteiger partial charge in [0.2, 0.25) is 0 Å². The lowest BCUT2D eigenvalue weighted by molar-refractivity contribution is 0.0437. The Balaban J connectivity index is 0.00000392. The third-order valence-corrected chi connectivity index (χ3v) is 4.36. The minimum Gasteiger partial charge on any atom is -0.466 e. The average Bonchev–Trinajstić information content (AvgIpc) is 3.19. The minimum absolute atomic E-state index is 0. The van der Waals surface area contributed by atoms with Crippen LogP contribution in [0.5, 0.6) is 0 Å². The first-order valence-corrected chi connectivity index (χ1v) is 9.52. The second-order valence-corrected chi connectivity index (χ2v) is 7.19. The summed E-state index contributed by atoms with van der Waals surface area (Å²) in [6.45, 7) is 9.75. The minimum atomic E-state index is -1.15. The van der Waals surface area contributed by atoms with E-state index in [9.17, 15) is 5.11 Å². The lowest BCUT2D eigenvalue weighted by atomic mass is 10.0. The molecule has 1 heterocycles. The summed E-state index contributed by atoms with van der Waals surface area (Å²) in [4.78, 5) is 4.54. The van der Waals surface area contributed by atoms with E-state index in [4.69, 9.17) is 4.42 Å². The van der Waals surface area contributed by atoms with Gasteiger partial charge in [-0.3, -0.25) is 0 Å². The highest BCUT2D eigenvalue weighted by Gasteiger charge is 2.26. The normalized spacial score (nSPS) is 14.7. The van der Waals surface area contributed by atoms with E-state index in [1.165, 1.54) is 0 Å². The van der Waals surface area contributed by atoms with Gasteiger partial charge >= 0.3 is 0 Å². The van der Waals surface area contributed by atoms with Gasteiger partial charge in [-0.05, 0) is 44.0 Å². The predicted molar refractivity (Wildman–Crippen MR) is 126 cm³/mol. The monoisotopic (exact) mass is 500 g/mol. The summed E-state index contributed by atoms with van der Waals surface area (Å²) in [6.07, 6.45) is 1.56. The Hall–Kier alpha value is -1.74. The van der Waals surface area contributed by atoms with Gasteiger partial charge in [-0.25, -0.2) is 4.99 Å². The first kappa shape index (κ1) is 24.3. The first-order valence-electron chi connectivity index (χ1n) is 9.52. The molecule has 2 unspecified atom stereocenters. The fraction of sp³-hybridized carbons (Fsp3) is 0.476. The molecule has 6 nitrogen and oxygen atoms in total. The topological polar surface area (TPSA) is 81.8 Å². The Bertz CT molecular complexity index is 688. The largest absolute Gasteiger partial charge is 0.466 e. The van der Waals surface area contributed by atoms with Crippen molar-refractivity contribution in [3.63, 3.8) is 0 Å². The van der Waals surface area contributed by atoms with E-state index in [0.29, 0.717) is 24.2 Å². The van der Waals surface area contributed by atoms with E-state index in [0.717, 1.165) is 12.2 Å². The predicted octanol–water partition coefficient (Wildman–Crippen LogP) is 3.80. The van der Waals surface area contributed by atoms with Gasteiger partial charge in [-0.15, -0.1) is 24.0 Å². The molecular weight excluding hydrogens is 467 g/mol. The van der Waals surface area contributed by atoms with Crippen molar-refractivity contribution in [1.82, 2.24) is 10.6 Å². The smallest absolute Gasteiger partial charge is 0.191 e. The van der Waals surface area contributed by atoms with Crippen LogP contribution in [0.15, 0.2) is 58.1 Å². The number of benzene rings is 1. The van der Waals surface area contributed by atoms with E-state index >= 15 is 0 Å². The number of nitrogens with zero attached hydrogens (tertiary/aromatic N) is 1. The number of para-hydroxylation sites is 1. The zero-order valence-corrected chi connectivity index (χ0v) is 19.4. The highest BCUT2D eigenvalue weighted by molar-refractivity contribution is 14.0. The maximum atomic E-state index is 10.6. The Morgan fingerprint density at radius 1 is 1.14 bits per heavy atom. The molecular formula is C21H33IN4O2. The highest BCUT2D eigenvalue weighted by Crippen LogP contribution is 2.21. The van der Waals surface area contributed by atoms with Crippen LogP contribution in [0.3, 0.4) is 0 Å². The van der Waals surface area contributed by atoms with Crippen LogP contribution in [0, 0.1) is 5.92 Å². The molecule has 2 atom stereocenters. The third kappa shape index (κ3) is 7.71. The molecule has 4 N–H and O–H groups in total. The molecule has 1 aromatic carbocycles. The number of aliphatic hydroxyl groups is 1. The van der Waals surface area contributed by atoms with Crippen LogP contribution < -0.4 is 16.0 Å². The fourth-order valence-electron chi connectivity index (χ4n) is 2.65. The first-order chi connectivity index (χ1) is 12.9. The molecule has 2 aromatic rings. The van der Waals surface area contributed by atoms with Crippen LogP contribution in [0.1, 0.15) is 33.5 Å². The number of hydrogen-bond acceptors (Lipinski definition) is 4. The standard InChI is InChI=1S/C21H32N4O2.HI/c1-5-22-20(24-15-21(4,26)19-12-9-13-27-19)23-14-18(16(2)3)25-17-10-7-6-8-11-17;/h6-13,16,18,25-26H,5,14-15H2,1-4H3,(H2,22,23,24);1H. The summed E-state index contributed by atoms with van der Waals surface area (Å²) in [7, 11) is 0. The molecule has 0 aliphatic rings. The number of rotatable bonds is 9. The molecule has 0 saturated heterocycles. The van der Waals surface area contributed by atoms with Gasteiger partial charge in [-0.1, -0.05) is 32.0 Å². The molecule has 1 aromatic heterocycles. The number of furan rings is 1. The van der Waals surface area contributed by atoms with Gasteiger partial charge in [0.25, 0.3) is 0 Å². The van der Waals surface area contributed by atoms with Crippen molar-refractivity contribution in [2.45, 2.75) is 39.3 Å². The molecule has 0 radical (unpaired) electrons. The summed E-state index contributed by atoms with van der Waals surface area (Å²) >= 11 is 0. The van der Waals surface area contributed by atoms with Crippen molar-refractivity contribution in [3.8, 4) is 0 Å². The highest BCUT2D eigenvalue weighted by atomic mass is 127. The molecule has 0 aliphatic carbocycles. The number of halogens is 1. The van der Waals surface area contributed by atoms with Crippen molar-refractivity contribution in [1.29, 1.82) is 0 Å². The molecule has 156 valence electrons. The van der Waals surface area contributed by atoms with Crippen LogP contribution in [0.25, 0.3) is 0 Å². The van der Waals surface area contributed by atoms with E-state index in [-0.39, 0.29) is 36.6 Å². The Labute approximate surface area is 185 Å². The number of nitrogens with one attached hydrogen (secondary N) is 3. The summed E-state index contributed by atoms with van der Waals surface area (Å²) in [5.74, 6) is 1.62. The van der Waals surface area contributed by atoms with Crippen molar-refractivity contribution in [2.24, 2.45) is 10.9 Å². The van der Waals surface area contributed by atoms with E-state index < -0.39 is 5.60 Å². The Morgan fingerprint density at radius 2 is 1.86 bits per heavy atom. The van der Waals surface area contributed by atoms with Gasteiger partial charge in [-0.2, -0.15) is 0 Å². The Kier molecular flexibility index (Phi) is 10.4.